The summed E-state index contributed by atoms with van der Waals surface area (Å²) >= 11 is 0. The van der Waals surface area contributed by atoms with Crippen LogP contribution >= 0.6 is 0 Å². The van der Waals surface area contributed by atoms with Gasteiger partial charge in [0.1, 0.15) is 6.10 Å². The van der Waals surface area contributed by atoms with Gasteiger partial charge in [0.15, 0.2) is 11.4 Å². The van der Waals surface area contributed by atoms with Crippen LogP contribution in [0.25, 0.3) is 0 Å². The third-order valence-electron chi connectivity index (χ3n) is 5.22. The summed E-state index contributed by atoms with van der Waals surface area (Å²) < 4.78 is 0. The molecule has 0 radical (unpaired) electrons. The fraction of sp³-hybridized carbons (Fsp3) is 0.800. The van der Waals surface area contributed by atoms with Gasteiger partial charge in [0.05, 0.1) is 0 Å². The first-order valence-corrected chi connectivity index (χ1v) is 7.05. The molecule has 0 aromatic rings. The molecular weight excluding hydrogens is 228 g/mol. The van der Waals surface area contributed by atoms with Crippen LogP contribution < -0.4 is 0 Å². The quantitative estimate of drug-likeness (QED) is 0.671. The summed E-state index contributed by atoms with van der Waals surface area (Å²) in [4.78, 5) is 23.7. The maximum atomic E-state index is 12.5. The fourth-order valence-electron chi connectivity index (χ4n) is 4.03. The van der Waals surface area contributed by atoms with E-state index in [0.717, 1.165) is 12.0 Å². The van der Waals surface area contributed by atoms with Crippen LogP contribution in [-0.4, -0.2) is 17.5 Å². The van der Waals surface area contributed by atoms with Crippen molar-refractivity contribution in [3.05, 3.63) is 11.6 Å². The van der Waals surface area contributed by atoms with Gasteiger partial charge in [-0.3, -0.25) is 4.79 Å². The van der Waals surface area contributed by atoms with Gasteiger partial charge in [-0.2, -0.15) is 0 Å². The maximum Gasteiger partial charge on any atom is 0.190 e. The Labute approximate surface area is 108 Å². The normalized spacial score (nSPS) is 47.2. The first-order chi connectivity index (χ1) is 8.45. The molecule has 2 bridgehead atoms. The maximum absolute atomic E-state index is 12.5. The van der Waals surface area contributed by atoms with Gasteiger partial charge in [-0.15, -0.1) is 0 Å². The molecule has 2 aliphatic carbocycles. The smallest absolute Gasteiger partial charge is 0.190 e. The SMILES string of the molecule is CC(C)C1=CC(=O)[C@@]2(C)OO[C@@H]1[C@@H]1[C@H](C)CC[C@@H]12. The Morgan fingerprint density at radius 1 is 1.39 bits per heavy atom. The molecule has 1 saturated carbocycles. The van der Waals surface area contributed by atoms with Crippen molar-refractivity contribution in [3.63, 3.8) is 0 Å². The summed E-state index contributed by atoms with van der Waals surface area (Å²) in [7, 11) is 0. The van der Waals surface area contributed by atoms with Crippen LogP contribution in [0.1, 0.15) is 40.5 Å². The predicted octanol–water partition coefficient (Wildman–Crippen LogP) is 2.90. The summed E-state index contributed by atoms with van der Waals surface area (Å²) in [5.41, 5.74) is 0.354. The predicted molar refractivity (Wildman–Crippen MR) is 67.7 cm³/mol. The molecule has 2 aliphatic heterocycles. The minimum Gasteiger partial charge on any atom is -0.291 e. The standard InChI is InChI=1S/C15H22O3/c1-8(2)10-7-12(16)15(4)11-6-5-9(3)13(11)14(10)17-18-15/h7-9,11,13-14H,5-6H2,1-4H3/t9-,11+,13-,14+,15+/m1/s1. The van der Waals surface area contributed by atoms with E-state index in [1.165, 1.54) is 6.42 Å². The highest BCUT2D eigenvalue weighted by Crippen LogP contribution is 2.54. The summed E-state index contributed by atoms with van der Waals surface area (Å²) in [6.45, 7) is 8.43. The van der Waals surface area contributed by atoms with E-state index < -0.39 is 5.60 Å². The summed E-state index contributed by atoms with van der Waals surface area (Å²) in [6, 6.07) is 0. The molecule has 18 heavy (non-hydrogen) atoms. The molecule has 3 nitrogen and oxygen atoms in total. The molecule has 1 saturated heterocycles. The fourth-order valence-corrected chi connectivity index (χ4v) is 4.03. The van der Waals surface area contributed by atoms with Crippen molar-refractivity contribution >= 4 is 5.78 Å². The molecule has 0 spiro atoms. The van der Waals surface area contributed by atoms with Crippen LogP contribution in [0.3, 0.4) is 0 Å². The number of carbonyl (C=O) groups is 1. The van der Waals surface area contributed by atoms with Crippen molar-refractivity contribution in [1.82, 2.24) is 0 Å². The van der Waals surface area contributed by atoms with Gasteiger partial charge in [0.25, 0.3) is 0 Å². The average molecular weight is 250 g/mol. The van der Waals surface area contributed by atoms with Gasteiger partial charge in [-0.05, 0) is 43.3 Å². The second-order valence-electron chi connectivity index (χ2n) is 6.61. The minimum absolute atomic E-state index is 0.0213. The molecule has 100 valence electrons. The van der Waals surface area contributed by atoms with E-state index in [2.05, 4.69) is 20.8 Å². The van der Waals surface area contributed by atoms with E-state index in [4.69, 9.17) is 9.78 Å². The van der Waals surface area contributed by atoms with Crippen LogP contribution in [0, 0.1) is 23.7 Å². The van der Waals surface area contributed by atoms with E-state index >= 15 is 0 Å². The molecule has 0 aromatic heterocycles. The second kappa shape index (κ2) is 3.91. The lowest BCUT2D eigenvalue weighted by molar-refractivity contribution is -0.410. The van der Waals surface area contributed by atoms with E-state index in [9.17, 15) is 4.79 Å². The lowest BCUT2D eigenvalue weighted by Crippen LogP contribution is -2.52. The molecule has 3 heteroatoms. The third-order valence-corrected chi connectivity index (χ3v) is 5.22. The molecule has 2 fully saturated rings. The number of fused-ring (bicyclic) bond motifs is 2. The second-order valence-corrected chi connectivity index (χ2v) is 6.61. The van der Waals surface area contributed by atoms with Crippen LogP contribution in [0.2, 0.25) is 0 Å². The molecule has 4 rings (SSSR count). The number of hydrogen-bond acceptors (Lipinski definition) is 3. The number of hydrogen-bond donors (Lipinski definition) is 0. The van der Waals surface area contributed by atoms with Crippen molar-refractivity contribution in [1.29, 1.82) is 0 Å². The first-order valence-electron chi connectivity index (χ1n) is 7.05. The Kier molecular flexibility index (Phi) is 2.69. The van der Waals surface area contributed by atoms with Crippen molar-refractivity contribution < 1.29 is 14.6 Å². The molecule has 2 heterocycles. The third kappa shape index (κ3) is 1.47. The Morgan fingerprint density at radius 3 is 2.78 bits per heavy atom. The number of ketones is 1. The van der Waals surface area contributed by atoms with Gasteiger partial charge in [-0.1, -0.05) is 20.8 Å². The molecule has 0 unspecified atom stereocenters. The lowest BCUT2D eigenvalue weighted by atomic mass is 9.74. The molecule has 0 aromatic carbocycles. The Morgan fingerprint density at radius 2 is 2.11 bits per heavy atom. The van der Waals surface area contributed by atoms with Crippen molar-refractivity contribution in [2.45, 2.75) is 52.2 Å². The summed E-state index contributed by atoms with van der Waals surface area (Å²) in [6.07, 6.45) is 4.03. The first kappa shape index (κ1) is 12.4. The van der Waals surface area contributed by atoms with Gasteiger partial charge in [-0.25, -0.2) is 9.78 Å². The molecule has 4 aliphatic rings. The number of rotatable bonds is 1. The van der Waals surface area contributed by atoms with E-state index in [1.807, 2.05) is 6.92 Å². The number of carbonyl (C=O) groups excluding carboxylic acids is 1. The van der Waals surface area contributed by atoms with Crippen LogP contribution in [0.4, 0.5) is 0 Å². The molecule has 0 N–H and O–H groups in total. The zero-order chi connectivity index (χ0) is 13.1. The largest absolute Gasteiger partial charge is 0.291 e. The molecule has 5 atom stereocenters. The highest BCUT2D eigenvalue weighted by atomic mass is 17.2. The van der Waals surface area contributed by atoms with Crippen LogP contribution in [-0.2, 0) is 14.6 Å². The molecule has 0 amide bonds. The average Bonchev–Trinajstić information content (AvgIpc) is 2.61. The van der Waals surface area contributed by atoms with Crippen LogP contribution in [0.5, 0.6) is 0 Å². The Bertz CT molecular complexity index is 412. The van der Waals surface area contributed by atoms with Crippen LogP contribution in [0.15, 0.2) is 11.6 Å². The van der Waals surface area contributed by atoms with E-state index in [-0.39, 0.29) is 11.9 Å². The van der Waals surface area contributed by atoms with Crippen molar-refractivity contribution in [2.75, 3.05) is 0 Å². The molecular formula is C15H22O3. The highest BCUT2D eigenvalue weighted by molar-refractivity contribution is 5.98. The zero-order valence-corrected chi connectivity index (χ0v) is 11.6. The van der Waals surface area contributed by atoms with E-state index in [0.29, 0.717) is 23.7 Å². The summed E-state index contributed by atoms with van der Waals surface area (Å²) in [5, 5.41) is 0. The van der Waals surface area contributed by atoms with E-state index in [1.54, 1.807) is 6.08 Å². The monoisotopic (exact) mass is 250 g/mol. The van der Waals surface area contributed by atoms with Gasteiger partial charge >= 0.3 is 0 Å². The highest BCUT2D eigenvalue weighted by Gasteiger charge is 2.59. The zero-order valence-electron chi connectivity index (χ0n) is 11.6. The minimum atomic E-state index is -0.761. The Balaban J connectivity index is 2.10. The topological polar surface area (TPSA) is 35.5 Å². The van der Waals surface area contributed by atoms with Gasteiger partial charge in [0.2, 0.25) is 0 Å². The van der Waals surface area contributed by atoms with Crippen molar-refractivity contribution in [2.24, 2.45) is 23.7 Å². The van der Waals surface area contributed by atoms with Gasteiger partial charge in [0, 0.05) is 11.8 Å². The van der Waals surface area contributed by atoms with Gasteiger partial charge < -0.3 is 0 Å². The lowest BCUT2D eigenvalue weighted by Gasteiger charge is -2.43. The summed E-state index contributed by atoms with van der Waals surface area (Å²) in [5.74, 6) is 1.78. The van der Waals surface area contributed by atoms with Crippen molar-refractivity contribution in [3.8, 4) is 0 Å². The Hall–Kier alpha value is -0.670.